The molecule has 0 saturated carbocycles. The van der Waals surface area contributed by atoms with Gasteiger partial charge in [-0.1, -0.05) is 0 Å². The van der Waals surface area contributed by atoms with Crippen LogP contribution in [0.15, 0.2) is 133 Å². The van der Waals surface area contributed by atoms with Gasteiger partial charge in [0.25, 0.3) is 0 Å². The van der Waals surface area contributed by atoms with Crippen LogP contribution >= 0.6 is 0 Å². The van der Waals surface area contributed by atoms with Crippen LogP contribution in [0.2, 0.25) is 0 Å². The first-order valence-corrected chi connectivity index (χ1v) is 16.0. The van der Waals surface area contributed by atoms with Crippen molar-refractivity contribution in [2.75, 3.05) is 4.90 Å². The van der Waals surface area contributed by atoms with E-state index in [1.54, 1.807) is 0 Å². The molecule has 8 rings (SSSR count). The van der Waals surface area contributed by atoms with E-state index >= 15 is 0 Å². The van der Waals surface area contributed by atoms with E-state index in [0.29, 0.717) is 5.56 Å². The van der Waals surface area contributed by atoms with E-state index in [9.17, 15) is 5.26 Å². The average molecular weight is 615 g/mol. The Morgan fingerprint density at radius 2 is 1.33 bits per heavy atom. The normalized spacial score (nSPS) is 12.1. The van der Waals surface area contributed by atoms with Crippen LogP contribution in [0.5, 0.6) is 0 Å². The fraction of sp³-hybridized carbons (Fsp3) is 0.0256. The fourth-order valence-electron chi connectivity index (χ4n) is 6.18. The van der Waals surface area contributed by atoms with Crippen LogP contribution in [0, 0.1) is 18.3 Å². The van der Waals surface area contributed by atoms with Gasteiger partial charge in [-0.15, -0.1) is 0 Å². The van der Waals surface area contributed by atoms with Crippen molar-refractivity contribution in [2.45, 2.75) is 6.92 Å². The second kappa shape index (κ2) is 10.3. The number of pyridine rings is 1. The Labute approximate surface area is 256 Å². The third-order valence-corrected chi connectivity index (χ3v) is 10.6. The van der Waals surface area contributed by atoms with Crippen molar-refractivity contribution in [1.29, 1.82) is 5.26 Å². The Balaban J connectivity index is 1.49. The van der Waals surface area contributed by atoms with Gasteiger partial charge in [0.05, 0.1) is 0 Å². The molecule has 202 valence electrons. The molecule has 0 amide bonds. The molecule has 0 spiro atoms. The molecular formula is C39H25N3Se. The van der Waals surface area contributed by atoms with Crippen molar-refractivity contribution in [2.24, 2.45) is 0 Å². The summed E-state index contributed by atoms with van der Waals surface area (Å²) in [6.07, 6.45) is 0. The zero-order valence-electron chi connectivity index (χ0n) is 23.5. The van der Waals surface area contributed by atoms with Crippen LogP contribution in [-0.2, 0) is 0 Å². The van der Waals surface area contributed by atoms with E-state index in [4.69, 9.17) is 4.98 Å². The molecule has 3 nitrogen and oxygen atoms in total. The number of anilines is 3. The molecular weight excluding hydrogens is 589 g/mol. The van der Waals surface area contributed by atoms with Gasteiger partial charge < -0.3 is 0 Å². The van der Waals surface area contributed by atoms with Crippen molar-refractivity contribution in [3.63, 3.8) is 0 Å². The van der Waals surface area contributed by atoms with Crippen LogP contribution in [0.3, 0.4) is 0 Å². The minimum atomic E-state index is 0.222. The molecule has 1 aromatic heterocycles. The quantitative estimate of drug-likeness (QED) is 0.188. The number of benzene rings is 6. The first kappa shape index (κ1) is 25.5. The predicted molar refractivity (Wildman–Crippen MR) is 179 cm³/mol. The van der Waals surface area contributed by atoms with E-state index in [0.717, 1.165) is 33.4 Å². The van der Waals surface area contributed by atoms with Gasteiger partial charge in [0.1, 0.15) is 0 Å². The molecule has 1 aliphatic heterocycles. The number of aromatic nitrogens is 1. The van der Waals surface area contributed by atoms with Crippen LogP contribution in [0.1, 0.15) is 11.1 Å². The maximum atomic E-state index is 9.44. The molecule has 0 bridgehead atoms. The Morgan fingerprint density at radius 1 is 0.651 bits per heavy atom. The molecule has 4 heteroatoms. The number of para-hydroxylation sites is 2. The van der Waals surface area contributed by atoms with Crippen molar-refractivity contribution in [1.82, 2.24) is 4.98 Å². The van der Waals surface area contributed by atoms with Gasteiger partial charge in [0.2, 0.25) is 0 Å². The van der Waals surface area contributed by atoms with Crippen molar-refractivity contribution in [3.8, 4) is 28.5 Å². The Kier molecular flexibility index (Phi) is 6.09. The molecule has 6 aromatic carbocycles. The number of rotatable bonds is 3. The summed E-state index contributed by atoms with van der Waals surface area (Å²) < 4.78 is 2.72. The van der Waals surface area contributed by atoms with Crippen LogP contribution < -0.4 is 13.8 Å². The molecule has 7 aromatic rings. The molecule has 0 radical (unpaired) electrons. The third-order valence-electron chi connectivity index (χ3n) is 8.21. The first-order valence-electron chi connectivity index (χ1n) is 14.3. The topological polar surface area (TPSA) is 39.9 Å². The summed E-state index contributed by atoms with van der Waals surface area (Å²) in [5.74, 6) is 0. The summed E-state index contributed by atoms with van der Waals surface area (Å²) >= 11 is 0.222. The predicted octanol–water partition coefficient (Wildman–Crippen LogP) is 8.34. The summed E-state index contributed by atoms with van der Waals surface area (Å²) in [5.41, 5.74) is 10.5. The summed E-state index contributed by atoms with van der Waals surface area (Å²) in [5, 5.41) is 13.0. The van der Waals surface area contributed by atoms with E-state index in [1.807, 2.05) is 24.3 Å². The Hall–Kier alpha value is -5.20. The maximum absolute atomic E-state index is 9.44. The standard InChI is InChI=1S/C39H25N3Se/c1-25-17-22-35(42-33-13-4-6-15-36(33)43-37-16-7-5-14-34(37)42)39-38(25)31(30-12-8-10-27-9-2-3-11-29(27)30)23-32(41-39)28-20-18-26(24-40)19-21-28/h2-23H,1H3. The van der Waals surface area contributed by atoms with Gasteiger partial charge in [0.15, 0.2) is 0 Å². The SMILES string of the molecule is Cc1ccc(N2c3ccccc3[Se]c3ccccc32)c2nc(-c3ccc(C#N)cc3)cc(-c3cccc4ccccc34)c12. The summed E-state index contributed by atoms with van der Waals surface area (Å²) in [6.45, 7) is 2.19. The molecule has 2 heterocycles. The number of hydrogen-bond donors (Lipinski definition) is 0. The summed E-state index contributed by atoms with van der Waals surface area (Å²) in [4.78, 5) is 7.83. The van der Waals surface area contributed by atoms with E-state index in [1.165, 1.54) is 42.2 Å². The third kappa shape index (κ3) is 4.22. The van der Waals surface area contributed by atoms with E-state index in [-0.39, 0.29) is 15.0 Å². The number of nitrogens with zero attached hydrogens (tertiary/aromatic N) is 3. The fourth-order valence-corrected chi connectivity index (χ4v) is 8.40. The molecule has 0 N–H and O–H groups in total. The van der Waals surface area contributed by atoms with Gasteiger partial charge in [-0.2, -0.15) is 5.26 Å². The first-order chi connectivity index (χ1) is 21.2. The number of aryl methyl sites for hydroxylation is 1. The van der Waals surface area contributed by atoms with E-state index < -0.39 is 0 Å². The Bertz CT molecular complexity index is 2200. The Morgan fingerprint density at radius 3 is 2.07 bits per heavy atom. The molecule has 43 heavy (non-hydrogen) atoms. The average Bonchev–Trinajstić information content (AvgIpc) is 3.07. The van der Waals surface area contributed by atoms with Crippen LogP contribution in [0.4, 0.5) is 17.1 Å². The number of nitriles is 1. The minimum absolute atomic E-state index is 0.222. The summed E-state index contributed by atoms with van der Waals surface area (Å²) in [7, 11) is 0. The molecule has 0 aliphatic carbocycles. The zero-order valence-corrected chi connectivity index (χ0v) is 25.2. The molecule has 0 saturated heterocycles. The van der Waals surface area contributed by atoms with Crippen LogP contribution in [0.25, 0.3) is 44.1 Å². The van der Waals surface area contributed by atoms with Crippen molar-refractivity contribution < 1.29 is 0 Å². The van der Waals surface area contributed by atoms with E-state index in [2.05, 4.69) is 127 Å². The second-order valence-corrected chi connectivity index (χ2v) is 13.0. The molecule has 0 unspecified atom stereocenters. The summed E-state index contributed by atoms with van der Waals surface area (Å²) in [6, 6.07) is 49.3. The second-order valence-electron chi connectivity index (χ2n) is 10.8. The van der Waals surface area contributed by atoms with Crippen molar-refractivity contribution >= 4 is 62.6 Å². The molecule has 0 fully saturated rings. The monoisotopic (exact) mass is 615 g/mol. The van der Waals surface area contributed by atoms with Crippen LogP contribution in [-0.4, -0.2) is 19.9 Å². The zero-order chi connectivity index (χ0) is 28.9. The van der Waals surface area contributed by atoms with Gasteiger partial charge in [-0.25, -0.2) is 0 Å². The van der Waals surface area contributed by atoms with Gasteiger partial charge in [-0.05, 0) is 0 Å². The molecule has 0 atom stereocenters. The van der Waals surface area contributed by atoms with Crippen molar-refractivity contribution in [3.05, 3.63) is 145 Å². The van der Waals surface area contributed by atoms with Gasteiger partial charge in [0, 0.05) is 0 Å². The van der Waals surface area contributed by atoms with Gasteiger partial charge >= 0.3 is 252 Å². The number of hydrogen-bond acceptors (Lipinski definition) is 3. The van der Waals surface area contributed by atoms with Gasteiger partial charge in [-0.3, -0.25) is 0 Å². The molecule has 1 aliphatic rings. The number of fused-ring (bicyclic) bond motifs is 4.